The molecule has 1 fully saturated rings. The molecule has 8 heteroatoms. The van der Waals surface area contributed by atoms with E-state index in [2.05, 4.69) is 9.97 Å². The Morgan fingerprint density at radius 2 is 1.91 bits per heavy atom. The first kappa shape index (κ1) is 20.0. The number of carbonyl (C=O) groups is 1. The van der Waals surface area contributed by atoms with Crippen LogP contribution in [0.15, 0.2) is 48.8 Å². The molecule has 166 valence electrons. The number of amides is 1. The van der Waals surface area contributed by atoms with Crippen molar-refractivity contribution in [1.82, 2.24) is 24.6 Å². The van der Waals surface area contributed by atoms with Crippen LogP contribution in [0, 0.1) is 11.6 Å². The van der Waals surface area contributed by atoms with Crippen LogP contribution in [-0.4, -0.2) is 36.6 Å². The van der Waals surface area contributed by atoms with Crippen LogP contribution in [0.25, 0.3) is 22.3 Å². The van der Waals surface area contributed by atoms with Gasteiger partial charge in [0.1, 0.15) is 11.6 Å². The molecule has 1 saturated heterocycles. The van der Waals surface area contributed by atoms with E-state index in [1.165, 1.54) is 12.1 Å². The van der Waals surface area contributed by atoms with E-state index in [-0.39, 0.29) is 18.0 Å². The highest BCUT2D eigenvalue weighted by molar-refractivity contribution is 5.97. The van der Waals surface area contributed by atoms with Gasteiger partial charge < -0.3 is 4.90 Å². The van der Waals surface area contributed by atoms with Crippen molar-refractivity contribution >= 4 is 16.9 Å². The minimum absolute atomic E-state index is 0.00491. The number of fused-ring (bicyclic) bond motifs is 5. The SMILES string of the molecule is Cn1nc2c(c1-c1cc(F)cc(F)c1)C[C@@H]1CCC[C@H]2N1C(=O)c1cnc2ncccc2c1. The quantitative estimate of drug-likeness (QED) is 0.452. The third kappa shape index (κ3) is 3.20. The second kappa shape index (κ2) is 7.43. The minimum atomic E-state index is -0.619. The van der Waals surface area contributed by atoms with Crippen molar-refractivity contribution in [1.29, 1.82) is 0 Å². The zero-order valence-corrected chi connectivity index (χ0v) is 18.0. The topological polar surface area (TPSA) is 63.9 Å². The van der Waals surface area contributed by atoms with Gasteiger partial charge in [0, 0.05) is 48.1 Å². The summed E-state index contributed by atoms with van der Waals surface area (Å²) in [6, 6.07) is 8.91. The van der Waals surface area contributed by atoms with Crippen molar-refractivity contribution < 1.29 is 13.6 Å². The number of nitrogens with zero attached hydrogens (tertiary/aromatic N) is 5. The molecule has 0 spiro atoms. The number of rotatable bonds is 2. The van der Waals surface area contributed by atoms with Crippen molar-refractivity contribution in [2.45, 2.75) is 37.8 Å². The second-order valence-corrected chi connectivity index (χ2v) is 8.79. The summed E-state index contributed by atoms with van der Waals surface area (Å²) in [6.07, 6.45) is 6.53. The van der Waals surface area contributed by atoms with Crippen molar-refractivity contribution in [2.24, 2.45) is 7.05 Å². The standard InChI is InChI=1S/C25H21F2N5O/c1-31-23(15-9-17(26)11-18(27)10-15)20-12-19-5-2-6-21(22(20)30-31)32(19)25(33)16-8-14-4-3-7-28-24(14)29-13-16/h3-4,7-11,13,19,21H,2,5-6,12H2,1H3/t19-,21+/m0/s1. The van der Waals surface area contributed by atoms with E-state index in [4.69, 9.17) is 5.10 Å². The van der Waals surface area contributed by atoms with E-state index < -0.39 is 11.6 Å². The maximum atomic E-state index is 13.9. The number of halogens is 2. The lowest BCUT2D eigenvalue weighted by Gasteiger charge is -2.45. The van der Waals surface area contributed by atoms with Gasteiger partial charge in [0.2, 0.25) is 0 Å². The summed E-state index contributed by atoms with van der Waals surface area (Å²) < 4.78 is 29.6. The van der Waals surface area contributed by atoms with Crippen molar-refractivity contribution in [3.63, 3.8) is 0 Å². The molecule has 2 atom stereocenters. The highest BCUT2D eigenvalue weighted by Crippen LogP contribution is 2.45. The molecule has 0 N–H and O–H groups in total. The fourth-order valence-electron chi connectivity index (χ4n) is 5.43. The fourth-order valence-corrected chi connectivity index (χ4v) is 5.43. The number of benzene rings is 1. The Morgan fingerprint density at radius 1 is 1.09 bits per heavy atom. The highest BCUT2D eigenvalue weighted by Gasteiger charge is 2.43. The molecule has 6 rings (SSSR count). The summed E-state index contributed by atoms with van der Waals surface area (Å²) >= 11 is 0. The lowest BCUT2D eigenvalue weighted by atomic mass is 9.81. The average molecular weight is 445 g/mol. The Bertz CT molecular complexity index is 1400. The first-order valence-electron chi connectivity index (χ1n) is 11.1. The molecule has 1 amide bonds. The first-order chi connectivity index (χ1) is 16.0. The molecule has 0 saturated carbocycles. The van der Waals surface area contributed by atoms with Gasteiger partial charge in [0.15, 0.2) is 5.65 Å². The molecule has 1 aromatic carbocycles. The molecule has 3 aromatic heterocycles. The largest absolute Gasteiger partial charge is 0.327 e. The maximum Gasteiger partial charge on any atom is 0.256 e. The molecular weight excluding hydrogens is 424 g/mol. The number of aromatic nitrogens is 4. The van der Waals surface area contributed by atoms with Gasteiger partial charge in [0.05, 0.1) is 23.0 Å². The van der Waals surface area contributed by atoms with Crippen LogP contribution in [-0.2, 0) is 13.5 Å². The Hall–Kier alpha value is -3.68. The van der Waals surface area contributed by atoms with Gasteiger partial charge in [-0.05, 0) is 56.0 Å². The summed E-state index contributed by atoms with van der Waals surface area (Å²) in [4.78, 5) is 24.2. The number of aryl methyl sites for hydroxylation is 1. The number of piperidine rings is 1. The monoisotopic (exact) mass is 445 g/mol. The molecule has 2 bridgehead atoms. The van der Waals surface area contributed by atoms with Crippen LogP contribution in [0.5, 0.6) is 0 Å². The lowest BCUT2D eigenvalue weighted by Crippen LogP contribution is -2.49. The molecule has 33 heavy (non-hydrogen) atoms. The van der Waals surface area contributed by atoms with Crippen LogP contribution < -0.4 is 0 Å². The Labute approximate surface area is 188 Å². The summed E-state index contributed by atoms with van der Waals surface area (Å²) in [7, 11) is 1.78. The van der Waals surface area contributed by atoms with Crippen LogP contribution in [0.1, 0.15) is 46.9 Å². The smallest absolute Gasteiger partial charge is 0.256 e. The third-order valence-corrected chi connectivity index (χ3v) is 6.75. The van der Waals surface area contributed by atoms with Gasteiger partial charge in [0.25, 0.3) is 5.91 Å². The first-order valence-corrected chi connectivity index (χ1v) is 11.1. The second-order valence-electron chi connectivity index (χ2n) is 8.79. The molecule has 2 aliphatic heterocycles. The van der Waals surface area contributed by atoms with E-state index in [1.807, 2.05) is 23.1 Å². The summed E-state index contributed by atoms with van der Waals surface area (Å²) in [5.74, 6) is -1.31. The molecule has 4 aromatic rings. The van der Waals surface area contributed by atoms with E-state index in [9.17, 15) is 13.6 Å². The van der Waals surface area contributed by atoms with Gasteiger partial charge in [-0.25, -0.2) is 18.7 Å². The predicted octanol–water partition coefficient (Wildman–Crippen LogP) is 4.60. The Morgan fingerprint density at radius 3 is 2.73 bits per heavy atom. The highest BCUT2D eigenvalue weighted by atomic mass is 19.1. The minimum Gasteiger partial charge on any atom is -0.327 e. The number of hydrogen-bond donors (Lipinski definition) is 0. The van der Waals surface area contributed by atoms with Gasteiger partial charge in [-0.2, -0.15) is 5.10 Å². The van der Waals surface area contributed by atoms with E-state index in [1.54, 1.807) is 24.1 Å². The van der Waals surface area contributed by atoms with Gasteiger partial charge in [-0.3, -0.25) is 9.48 Å². The van der Waals surface area contributed by atoms with E-state index >= 15 is 0 Å². The molecular formula is C25H21F2N5O. The summed E-state index contributed by atoms with van der Waals surface area (Å²) in [5.41, 5.74) is 4.10. The van der Waals surface area contributed by atoms with Crippen LogP contribution in [0.3, 0.4) is 0 Å². The van der Waals surface area contributed by atoms with Crippen LogP contribution in [0.4, 0.5) is 8.78 Å². The van der Waals surface area contributed by atoms with Gasteiger partial charge in [-0.15, -0.1) is 0 Å². The summed E-state index contributed by atoms with van der Waals surface area (Å²) in [5, 5.41) is 5.55. The number of pyridine rings is 2. The zero-order chi connectivity index (χ0) is 22.7. The Kier molecular flexibility index (Phi) is 4.50. The lowest BCUT2D eigenvalue weighted by molar-refractivity contribution is 0.0391. The van der Waals surface area contributed by atoms with Crippen molar-refractivity contribution in [3.8, 4) is 11.3 Å². The normalized spacial score (nSPS) is 19.5. The predicted molar refractivity (Wildman–Crippen MR) is 118 cm³/mol. The molecule has 0 radical (unpaired) electrons. The summed E-state index contributed by atoms with van der Waals surface area (Å²) in [6.45, 7) is 0. The molecule has 0 aliphatic carbocycles. The maximum absolute atomic E-state index is 13.9. The van der Waals surface area contributed by atoms with E-state index in [0.29, 0.717) is 28.9 Å². The van der Waals surface area contributed by atoms with Gasteiger partial charge in [-0.1, -0.05) is 0 Å². The van der Waals surface area contributed by atoms with Gasteiger partial charge >= 0.3 is 0 Å². The van der Waals surface area contributed by atoms with Crippen LogP contribution >= 0.6 is 0 Å². The molecule has 5 heterocycles. The molecule has 0 unspecified atom stereocenters. The van der Waals surface area contributed by atoms with E-state index in [0.717, 1.165) is 42.0 Å². The fraction of sp³-hybridized carbons (Fsp3) is 0.280. The molecule has 2 aliphatic rings. The van der Waals surface area contributed by atoms with Crippen molar-refractivity contribution in [2.75, 3.05) is 0 Å². The number of carbonyl (C=O) groups excluding carboxylic acids is 1. The Balaban J connectivity index is 1.42. The van der Waals surface area contributed by atoms with Crippen LogP contribution in [0.2, 0.25) is 0 Å². The van der Waals surface area contributed by atoms with Crippen molar-refractivity contribution in [3.05, 3.63) is 77.2 Å². The average Bonchev–Trinajstić information content (AvgIpc) is 3.13. The zero-order valence-electron chi connectivity index (χ0n) is 18.0. The number of hydrogen-bond acceptors (Lipinski definition) is 4. The third-order valence-electron chi connectivity index (χ3n) is 6.75. The molecule has 6 nitrogen and oxygen atoms in total.